The van der Waals surface area contributed by atoms with Crippen LogP contribution in [0.15, 0.2) is 47.2 Å². The summed E-state index contributed by atoms with van der Waals surface area (Å²) in [5.41, 5.74) is 2.67. The SMILES string of the molecule is CC(Nc1nc(NCc2ccn(-c3ccc(Br)cc3)n2)nc2c1cnn2C)C1CCCCO1. The largest absolute Gasteiger partial charge is 0.376 e. The molecule has 0 aliphatic carbocycles. The summed E-state index contributed by atoms with van der Waals surface area (Å²) >= 11 is 3.46. The van der Waals surface area contributed by atoms with Crippen LogP contribution in [-0.2, 0) is 18.3 Å². The Labute approximate surface area is 200 Å². The topological polar surface area (TPSA) is 94.7 Å². The summed E-state index contributed by atoms with van der Waals surface area (Å²) in [6.45, 7) is 3.47. The molecule has 2 atom stereocenters. The minimum absolute atomic E-state index is 0.137. The minimum Gasteiger partial charge on any atom is -0.376 e. The number of halogens is 1. The number of ether oxygens (including phenoxy) is 1. The van der Waals surface area contributed by atoms with Crippen LogP contribution in [0.1, 0.15) is 31.9 Å². The molecule has 1 aliphatic heterocycles. The Morgan fingerprint density at radius 3 is 2.82 bits per heavy atom. The van der Waals surface area contributed by atoms with E-state index >= 15 is 0 Å². The molecule has 1 aliphatic rings. The third kappa shape index (κ3) is 4.86. The second kappa shape index (κ2) is 9.48. The van der Waals surface area contributed by atoms with Crippen molar-refractivity contribution in [2.75, 3.05) is 17.2 Å². The van der Waals surface area contributed by atoms with Gasteiger partial charge in [-0.2, -0.15) is 20.2 Å². The normalized spacial score (nSPS) is 17.2. The first kappa shape index (κ1) is 21.8. The fraction of sp³-hybridized carbons (Fsp3) is 0.391. The summed E-state index contributed by atoms with van der Waals surface area (Å²) in [7, 11) is 1.89. The van der Waals surface area contributed by atoms with E-state index in [0.29, 0.717) is 12.5 Å². The molecule has 33 heavy (non-hydrogen) atoms. The predicted molar refractivity (Wildman–Crippen MR) is 132 cm³/mol. The molecule has 3 aromatic heterocycles. The summed E-state index contributed by atoms with van der Waals surface area (Å²) in [6.07, 6.45) is 7.32. The number of anilines is 2. The molecule has 5 rings (SSSR count). The van der Waals surface area contributed by atoms with E-state index in [1.165, 1.54) is 6.42 Å². The van der Waals surface area contributed by atoms with Gasteiger partial charge in [-0.25, -0.2) is 4.68 Å². The van der Waals surface area contributed by atoms with Crippen LogP contribution in [0.4, 0.5) is 11.8 Å². The van der Waals surface area contributed by atoms with Crippen molar-refractivity contribution in [3.8, 4) is 5.69 Å². The zero-order chi connectivity index (χ0) is 22.8. The van der Waals surface area contributed by atoms with E-state index in [2.05, 4.69) is 48.7 Å². The lowest BCUT2D eigenvalue weighted by molar-refractivity contribution is 0.00782. The van der Waals surface area contributed by atoms with E-state index in [0.717, 1.165) is 52.2 Å². The second-order valence-electron chi connectivity index (χ2n) is 8.32. The molecule has 2 N–H and O–H groups in total. The number of rotatable bonds is 7. The lowest BCUT2D eigenvalue weighted by atomic mass is 10.0. The summed E-state index contributed by atoms with van der Waals surface area (Å²) < 4.78 is 10.6. The fourth-order valence-corrected chi connectivity index (χ4v) is 4.31. The monoisotopic (exact) mass is 510 g/mol. The first-order valence-corrected chi connectivity index (χ1v) is 12.0. The predicted octanol–water partition coefficient (Wildman–Crippen LogP) is 4.29. The molecule has 2 unspecified atom stereocenters. The maximum atomic E-state index is 5.95. The van der Waals surface area contributed by atoms with Gasteiger partial charge in [0.15, 0.2) is 5.65 Å². The highest BCUT2D eigenvalue weighted by Crippen LogP contribution is 2.25. The van der Waals surface area contributed by atoms with E-state index < -0.39 is 0 Å². The highest BCUT2D eigenvalue weighted by Gasteiger charge is 2.22. The van der Waals surface area contributed by atoms with Crippen molar-refractivity contribution in [2.24, 2.45) is 7.05 Å². The van der Waals surface area contributed by atoms with Crippen LogP contribution >= 0.6 is 15.9 Å². The molecule has 1 aromatic carbocycles. The smallest absolute Gasteiger partial charge is 0.227 e. The quantitative estimate of drug-likeness (QED) is 0.382. The van der Waals surface area contributed by atoms with E-state index in [-0.39, 0.29) is 12.1 Å². The van der Waals surface area contributed by atoms with Gasteiger partial charge in [0.05, 0.1) is 41.7 Å². The molecule has 9 nitrogen and oxygen atoms in total. The first-order chi connectivity index (χ1) is 16.1. The van der Waals surface area contributed by atoms with Gasteiger partial charge in [0.2, 0.25) is 5.95 Å². The van der Waals surface area contributed by atoms with Gasteiger partial charge in [-0.05, 0) is 56.5 Å². The molecular formula is C23H27BrN8O. The molecule has 10 heteroatoms. The van der Waals surface area contributed by atoms with E-state index in [1.54, 1.807) is 10.9 Å². The molecule has 0 amide bonds. The van der Waals surface area contributed by atoms with Crippen LogP contribution in [0.3, 0.4) is 0 Å². The van der Waals surface area contributed by atoms with E-state index in [4.69, 9.17) is 9.72 Å². The third-order valence-electron chi connectivity index (χ3n) is 5.89. The van der Waals surface area contributed by atoms with Gasteiger partial charge in [-0.15, -0.1) is 0 Å². The minimum atomic E-state index is 0.137. The van der Waals surface area contributed by atoms with Crippen LogP contribution in [0.25, 0.3) is 16.7 Å². The summed E-state index contributed by atoms with van der Waals surface area (Å²) in [4.78, 5) is 9.43. The number of fused-ring (bicyclic) bond motifs is 1. The highest BCUT2D eigenvalue weighted by molar-refractivity contribution is 9.10. The zero-order valence-electron chi connectivity index (χ0n) is 18.7. The summed E-state index contributed by atoms with van der Waals surface area (Å²) in [6, 6.07) is 10.2. The molecule has 1 saturated heterocycles. The Hall–Kier alpha value is -2.98. The highest BCUT2D eigenvalue weighted by atomic mass is 79.9. The Balaban J connectivity index is 1.33. The van der Waals surface area contributed by atoms with Crippen molar-refractivity contribution in [3.05, 3.63) is 52.9 Å². The number of nitrogens with zero attached hydrogens (tertiary/aromatic N) is 6. The molecule has 0 saturated carbocycles. The van der Waals surface area contributed by atoms with Crippen LogP contribution in [0.5, 0.6) is 0 Å². The molecule has 172 valence electrons. The Bertz CT molecular complexity index is 1230. The number of hydrogen-bond acceptors (Lipinski definition) is 7. The van der Waals surface area contributed by atoms with Gasteiger partial charge in [-0.1, -0.05) is 15.9 Å². The maximum Gasteiger partial charge on any atom is 0.227 e. The lowest BCUT2D eigenvalue weighted by Crippen LogP contribution is -2.36. The third-order valence-corrected chi connectivity index (χ3v) is 6.42. The van der Waals surface area contributed by atoms with Gasteiger partial charge in [0.1, 0.15) is 5.82 Å². The standard InChI is InChI=1S/C23H27BrN8O/c1-15(20-5-3-4-12-33-20)27-21-19-14-26-31(2)22(19)29-23(28-21)25-13-17-10-11-32(30-17)18-8-6-16(24)7-9-18/h6-11,14-15,20H,3-5,12-13H2,1-2H3,(H2,25,27,28,29). The Morgan fingerprint density at radius 2 is 2.03 bits per heavy atom. The lowest BCUT2D eigenvalue weighted by Gasteiger charge is -2.29. The maximum absolute atomic E-state index is 5.95. The van der Waals surface area contributed by atoms with Crippen LogP contribution in [0, 0.1) is 0 Å². The zero-order valence-corrected chi connectivity index (χ0v) is 20.3. The second-order valence-corrected chi connectivity index (χ2v) is 9.24. The Morgan fingerprint density at radius 1 is 1.18 bits per heavy atom. The van der Waals surface area contributed by atoms with Crippen molar-refractivity contribution >= 4 is 38.7 Å². The molecule has 1 fully saturated rings. The van der Waals surface area contributed by atoms with Crippen molar-refractivity contribution in [1.82, 2.24) is 29.5 Å². The van der Waals surface area contributed by atoms with Gasteiger partial charge in [0, 0.05) is 24.3 Å². The van der Waals surface area contributed by atoms with E-state index in [1.807, 2.05) is 48.3 Å². The molecule has 0 radical (unpaired) electrons. The van der Waals surface area contributed by atoms with Crippen molar-refractivity contribution in [3.63, 3.8) is 0 Å². The van der Waals surface area contributed by atoms with Crippen molar-refractivity contribution < 1.29 is 4.74 Å². The number of hydrogen-bond donors (Lipinski definition) is 2. The van der Waals surface area contributed by atoms with Crippen LogP contribution in [0.2, 0.25) is 0 Å². The van der Waals surface area contributed by atoms with Crippen LogP contribution in [-0.4, -0.2) is 48.3 Å². The number of aromatic nitrogens is 6. The van der Waals surface area contributed by atoms with Gasteiger partial charge >= 0.3 is 0 Å². The molecule has 0 bridgehead atoms. The fourth-order valence-electron chi connectivity index (χ4n) is 4.04. The summed E-state index contributed by atoms with van der Waals surface area (Å²) in [5, 5.41) is 16.8. The number of aryl methyl sites for hydroxylation is 1. The molecule has 4 heterocycles. The first-order valence-electron chi connectivity index (χ1n) is 11.2. The average molecular weight is 511 g/mol. The van der Waals surface area contributed by atoms with Gasteiger partial charge in [-0.3, -0.25) is 4.68 Å². The van der Waals surface area contributed by atoms with Gasteiger partial charge in [0.25, 0.3) is 0 Å². The molecule has 0 spiro atoms. The average Bonchev–Trinajstić information content (AvgIpc) is 3.46. The number of nitrogens with one attached hydrogen (secondary N) is 2. The molecule has 4 aromatic rings. The van der Waals surface area contributed by atoms with Crippen molar-refractivity contribution in [1.29, 1.82) is 0 Å². The molecular weight excluding hydrogens is 484 g/mol. The number of benzene rings is 1. The van der Waals surface area contributed by atoms with E-state index in [9.17, 15) is 0 Å². The van der Waals surface area contributed by atoms with Crippen molar-refractivity contribution in [2.45, 2.75) is 44.9 Å². The Kier molecular flexibility index (Phi) is 6.28. The van der Waals surface area contributed by atoms with Gasteiger partial charge < -0.3 is 15.4 Å². The summed E-state index contributed by atoms with van der Waals surface area (Å²) in [5.74, 6) is 1.29. The van der Waals surface area contributed by atoms with Crippen LogP contribution < -0.4 is 10.6 Å².